The molecule has 0 fully saturated rings. The van der Waals surface area contributed by atoms with Crippen LogP contribution >= 0.6 is 38.9 Å². The van der Waals surface area contributed by atoms with E-state index in [4.69, 9.17) is 16.9 Å². The largest absolute Gasteiger partial charge is 0.378 e. The van der Waals surface area contributed by atoms with E-state index in [1.807, 2.05) is 24.3 Å². The monoisotopic (exact) mass is 340 g/mol. The zero-order valence-electron chi connectivity index (χ0n) is 9.58. The van der Waals surface area contributed by atoms with Crippen molar-refractivity contribution in [1.29, 1.82) is 5.26 Å². The molecule has 2 rings (SSSR count). The van der Waals surface area contributed by atoms with Gasteiger partial charge < -0.3 is 5.32 Å². The molecule has 0 saturated heterocycles. The van der Waals surface area contributed by atoms with Crippen molar-refractivity contribution in [3.05, 3.63) is 49.6 Å². The van der Waals surface area contributed by atoms with E-state index >= 15 is 0 Å². The summed E-state index contributed by atoms with van der Waals surface area (Å²) < 4.78 is 1.59. The van der Waals surface area contributed by atoms with Gasteiger partial charge in [0.05, 0.1) is 15.9 Å². The van der Waals surface area contributed by atoms with Gasteiger partial charge in [0.2, 0.25) is 0 Å². The second-order valence-electron chi connectivity index (χ2n) is 3.81. The molecule has 0 saturated carbocycles. The van der Waals surface area contributed by atoms with E-state index in [1.54, 1.807) is 17.4 Å². The average Bonchev–Trinajstić information content (AvgIpc) is 2.76. The summed E-state index contributed by atoms with van der Waals surface area (Å²) in [5, 5.41) is 12.2. The molecular formula is C13H10BrClN2S. The van der Waals surface area contributed by atoms with Crippen LogP contribution in [0.3, 0.4) is 0 Å². The lowest BCUT2D eigenvalue weighted by atomic mass is 10.2. The molecule has 92 valence electrons. The summed E-state index contributed by atoms with van der Waals surface area (Å²) in [5.41, 5.74) is 1.60. The van der Waals surface area contributed by atoms with Crippen molar-refractivity contribution >= 4 is 44.6 Å². The fourth-order valence-electron chi connectivity index (χ4n) is 1.58. The quantitative estimate of drug-likeness (QED) is 0.832. The summed E-state index contributed by atoms with van der Waals surface area (Å²) >= 11 is 10.9. The molecule has 0 bridgehead atoms. The summed E-state index contributed by atoms with van der Waals surface area (Å²) in [6.07, 6.45) is 0. The number of hydrogen-bond donors (Lipinski definition) is 1. The number of hydrogen-bond acceptors (Lipinski definition) is 3. The number of thiophene rings is 1. The van der Waals surface area contributed by atoms with Crippen molar-refractivity contribution in [1.82, 2.24) is 0 Å². The van der Waals surface area contributed by atoms with Gasteiger partial charge in [0.1, 0.15) is 6.07 Å². The molecule has 0 spiro atoms. The van der Waals surface area contributed by atoms with Crippen molar-refractivity contribution in [3.8, 4) is 6.07 Å². The first-order valence-corrected chi connectivity index (χ1v) is 7.30. The first-order valence-electron chi connectivity index (χ1n) is 5.31. The van der Waals surface area contributed by atoms with E-state index in [-0.39, 0.29) is 6.04 Å². The molecule has 2 aromatic rings. The summed E-state index contributed by atoms with van der Waals surface area (Å²) in [4.78, 5) is 1.18. The van der Waals surface area contributed by atoms with Gasteiger partial charge in [-0.2, -0.15) is 5.26 Å². The molecule has 1 heterocycles. The molecule has 2 nitrogen and oxygen atoms in total. The smallest absolute Gasteiger partial charge is 0.100 e. The van der Waals surface area contributed by atoms with Crippen molar-refractivity contribution < 1.29 is 0 Å². The maximum atomic E-state index is 8.86. The standard InChI is InChI=1S/C13H10BrClN2S/c1-8(12-4-5-13(15)18-12)17-10-3-2-9(7-16)11(14)6-10/h2-6,8,17H,1H3. The zero-order valence-corrected chi connectivity index (χ0v) is 12.7. The first-order chi connectivity index (χ1) is 8.60. The Morgan fingerprint density at radius 1 is 1.39 bits per heavy atom. The highest BCUT2D eigenvalue weighted by atomic mass is 79.9. The number of rotatable bonds is 3. The van der Waals surface area contributed by atoms with Crippen LogP contribution in [0.1, 0.15) is 23.4 Å². The van der Waals surface area contributed by atoms with E-state index in [2.05, 4.69) is 34.2 Å². The number of anilines is 1. The zero-order chi connectivity index (χ0) is 13.1. The molecule has 0 radical (unpaired) electrons. The van der Waals surface area contributed by atoms with Gasteiger partial charge in [-0.15, -0.1) is 11.3 Å². The van der Waals surface area contributed by atoms with Gasteiger partial charge >= 0.3 is 0 Å². The number of halogens is 2. The number of nitrogens with zero attached hydrogens (tertiary/aromatic N) is 1. The van der Waals surface area contributed by atoms with Crippen LogP contribution in [0, 0.1) is 11.3 Å². The normalized spacial score (nSPS) is 11.9. The highest BCUT2D eigenvalue weighted by Crippen LogP contribution is 2.30. The molecule has 1 aromatic heterocycles. The van der Waals surface area contributed by atoms with Gasteiger partial charge in [-0.1, -0.05) is 11.6 Å². The molecule has 0 aliphatic rings. The predicted octanol–water partition coefficient (Wildman–Crippen LogP) is 5.21. The Bertz CT molecular complexity index is 603. The van der Waals surface area contributed by atoms with Crippen LogP contribution in [0.15, 0.2) is 34.8 Å². The molecular weight excluding hydrogens is 332 g/mol. The van der Waals surface area contributed by atoms with Gasteiger partial charge in [-0.25, -0.2) is 0 Å². The van der Waals surface area contributed by atoms with Crippen LogP contribution in [0.2, 0.25) is 4.34 Å². The van der Waals surface area contributed by atoms with E-state index in [1.165, 1.54) is 4.88 Å². The van der Waals surface area contributed by atoms with Crippen molar-refractivity contribution in [2.75, 3.05) is 5.32 Å². The number of nitriles is 1. The predicted molar refractivity (Wildman–Crippen MR) is 80.2 cm³/mol. The minimum Gasteiger partial charge on any atom is -0.378 e. The Balaban J connectivity index is 2.15. The SMILES string of the molecule is CC(Nc1ccc(C#N)c(Br)c1)c1ccc(Cl)s1. The second-order valence-corrected chi connectivity index (χ2v) is 6.42. The van der Waals surface area contributed by atoms with Crippen LogP contribution < -0.4 is 5.32 Å². The summed E-state index contributed by atoms with van der Waals surface area (Å²) in [5.74, 6) is 0. The molecule has 18 heavy (non-hydrogen) atoms. The van der Waals surface area contributed by atoms with Crippen molar-refractivity contribution in [3.63, 3.8) is 0 Å². The molecule has 1 aromatic carbocycles. The fourth-order valence-corrected chi connectivity index (χ4v) is 3.11. The van der Waals surface area contributed by atoms with Crippen LogP contribution in [0.5, 0.6) is 0 Å². The van der Waals surface area contributed by atoms with Gasteiger partial charge in [0.15, 0.2) is 0 Å². The minimum absolute atomic E-state index is 0.183. The van der Waals surface area contributed by atoms with Gasteiger partial charge in [0, 0.05) is 15.0 Å². The third-order valence-electron chi connectivity index (χ3n) is 2.49. The van der Waals surface area contributed by atoms with E-state index in [0.29, 0.717) is 5.56 Å². The highest BCUT2D eigenvalue weighted by molar-refractivity contribution is 9.10. The molecule has 1 unspecified atom stereocenters. The molecule has 1 atom stereocenters. The maximum Gasteiger partial charge on any atom is 0.100 e. The van der Waals surface area contributed by atoms with Crippen LogP contribution in [-0.4, -0.2) is 0 Å². The van der Waals surface area contributed by atoms with Crippen LogP contribution in [0.4, 0.5) is 5.69 Å². The third kappa shape index (κ3) is 3.05. The highest BCUT2D eigenvalue weighted by Gasteiger charge is 2.09. The Morgan fingerprint density at radius 3 is 2.72 bits per heavy atom. The summed E-state index contributed by atoms with van der Waals surface area (Å²) in [6.45, 7) is 2.08. The minimum atomic E-state index is 0.183. The lowest BCUT2D eigenvalue weighted by Gasteiger charge is -2.14. The Hall–Kier alpha value is -1.02. The second kappa shape index (κ2) is 5.75. The first kappa shape index (κ1) is 13.4. The van der Waals surface area contributed by atoms with E-state index in [9.17, 15) is 0 Å². The lowest BCUT2D eigenvalue weighted by molar-refractivity contribution is 0.908. The van der Waals surface area contributed by atoms with Crippen LogP contribution in [-0.2, 0) is 0 Å². The van der Waals surface area contributed by atoms with E-state index < -0.39 is 0 Å². The summed E-state index contributed by atoms with van der Waals surface area (Å²) in [6, 6.07) is 11.8. The molecule has 0 amide bonds. The van der Waals surface area contributed by atoms with Crippen molar-refractivity contribution in [2.45, 2.75) is 13.0 Å². The lowest BCUT2D eigenvalue weighted by Crippen LogP contribution is -2.04. The van der Waals surface area contributed by atoms with Gasteiger partial charge in [-0.3, -0.25) is 0 Å². The Morgan fingerprint density at radius 2 is 2.17 bits per heavy atom. The fraction of sp³-hybridized carbons (Fsp3) is 0.154. The average molecular weight is 342 g/mol. The topological polar surface area (TPSA) is 35.8 Å². The molecule has 5 heteroatoms. The Kier molecular flexibility index (Phi) is 4.28. The third-order valence-corrected chi connectivity index (χ3v) is 4.56. The Labute approximate surface area is 123 Å². The van der Waals surface area contributed by atoms with E-state index in [0.717, 1.165) is 14.5 Å². The van der Waals surface area contributed by atoms with Crippen LogP contribution in [0.25, 0.3) is 0 Å². The van der Waals surface area contributed by atoms with Gasteiger partial charge in [0.25, 0.3) is 0 Å². The van der Waals surface area contributed by atoms with Crippen molar-refractivity contribution in [2.24, 2.45) is 0 Å². The molecule has 1 N–H and O–H groups in total. The van der Waals surface area contributed by atoms with Gasteiger partial charge in [-0.05, 0) is 53.2 Å². The number of benzene rings is 1. The number of nitrogens with one attached hydrogen (secondary N) is 1. The molecule has 0 aliphatic heterocycles. The molecule has 0 aliphatic carbocycles. The maximum absolute atomic E-state index is 8.86. The summed E-state index contributed by atoms with van der Waals surface area (Å²) in [7, 11) is 0.